The molecule has 5 heterocycles. The van der Waals surface area contributed by atoms with E-state index in [0.717, 1.165) is 21.3 Å². The van der Waals surface area contributed by atoms with Crippen LogP contribution in [0.2, 0.25) is 0 Å². The Bertz CT molecular complexity index is 1410. The Morgan fingerprint density at radius 2 is 2.23 bits per heavy atom. The number of carboxylic acids is 1. The highest BCUT2D eigenvalue weighted by molar-refractivity contribution is 8.00. The lowest BCUT2D eigenvalue weighted by atomic mass is 10.0. The molecule has 0 aromatic carbocycles. The number of oxime groups is 1. The molecule has 2 saturated heterocycles. The number of nitrogen functional groups attached to an aromatic ring is 1. The Labute approximate surface area is 234 Å². The third kappa shape index (κ3) is 5.31. The number of hydrogen-bond donors (Lipinski definition) is 3. The van der Waals surface area contributed by atoms with Crippen molar-refractivity contribution >= 4 is 69.4 Å². The predicted octanol–water partition coefficient (Wildman–Crippen LogP) is -1.55. The number of aliphatic carboxylic acids is 1. The number of carboxylic acid groups (broad SMARTS) is 1. The van der Waals surface area contributed by atoms with Crippen LogP contribution in [0.25, 0.3) is 0 Å². The zero-order valence-corrected chi connectivity index (χ0v) is 22.9. The number of amides is 3. The van der Waals surface area contributed by atoms with E-state index in [-0.39, 0.29) is 34.7 Å². The van der Waals surface area contributed by atoms with Crippen molar-refractivity contribution in [3.63, 3.8) is 0 Å². The molecule has 13 nitrogen and oxygen atoms in total. The molecule has 39 heavy (non-hydrogen) atoms. The quantitative estimate of drug-likeness (QED) is 0.102. The Morgan fingerprint density at radius 3 is 2.90 bits per heavy atom. The van der Waals surface area contributed by atoms with E-state index in [2.05, 4.69) is 20.8 Å². The summed E-state index contributed by atoms with van der Waals surface area (Å²) in [6.07, 6.45) is 3.28. The van der Waals surface area contributed by atoms with Gasteiger partial charge in [-0.3, -0.25) is 19.3 Å². The second kappa shape index (κ2) is 11.2. The monoisotopic (exact) mass is 589 g/mol. The van der Waals surface area contributed by atoms with Gasteiger partial charge in [0.15, 0.2) is 23.6 Å². The van der Waals surface area contributed by atoms with E-state index in [1.165, 1.54) is 28.9 Å². The van der Waals surface area contributed by atoms with Crippen molar-refractivity contribution in [2.75, 3.05) is 24.3 Å². The van der Waals surface area contributed by atoms with E-state index in [1.807, 2.05) is 35.2 Å². The fourth-order valence-electron chi connectivity index (χ4n) is 4.37. The summed E-state index contributed by atoms with van der Waals surface area (Å²) < 4.78 is 1.90. The smallest absolute Gasteiger partial charge is 0.276 e. The molecule has 3 aliphatic rings. The second-order valence-corrected chi connectivity index (χ2v) is 11.5. The molecule has 2 aromatic rings. The largest absolute Gasteiger partial charge is 0.543 e. The van der Waals surface area contributed by atoms with Crippen LogP contribution in [0.3, 0.4) is 0 Å². The summed E-state index contributed by atoms with van der Waals surface area (Å²) >= 11 is 3.94. The van der Waals surface area contributed by atoms with E-state index in [0.29, 0.717) is 24.3 Å². The van der Waals surface area contributed by atoms with Gasteiger partial charge in [0.25, 0.3) is 17.7 Å². The van der Waals surface area contributed by atoms with Crippen LogP contribution in [0.1, 0.15) is 12.1 Å². The molecule has 0 radical (unpaired) electrons. The van der Waals surface area contributed by atoms with Gasteiger partial charge in [0, 0.05) is 41.8 Å². The van der Waals surface area contributed by atoms with Crippen LogP contribution in [0, 0.1) is 0 Å². The summed E-state index contributed by atoms with van der Waals surface area (Å²) in [6.45, 7) is 0.697. The molecular weight excluding hydrogens is 566 g/mol. The third-order valence-corrected chi connectivity index (χ3v) is 9.05. The fourth-order valence-corrected chi connectivity index (χ4v) is 6.83. The van der Waals surface area contributed by atoms with Gasteiger partial charge in [0.2, 0.25) is 11.1 Å². The molecule has 2 fully saturated rings. The number of hydrogen-bond acceptors (Lipinski definition) is 12. The molecule has 3 amide bonds. The molecule has 204 valence electrons. The Balaban J connectivity index is 1.35. The summed E-state index contributed by atoms with van der Waals surface area (Å²) in [6, 6.07) is 4.64. The molecule has 2 aromatic heterocycles. The minimum atomic E-state index is -1.46. The van der Waals surface area contributed by atoms with Crippen molar-refractivity contribution in [1.29, 1.82) is 0 Å². The van der Waals surface area contributed by atoms with Crippen molar-refractivity contribution in [3.8, 4) is 0 Å². The Hall–Kier alpha value is -3.63. The Kier molecular flexibility index (Phi) is 7.76. The first-order chi connectivity index (χ1) is 18.8. The molecule has 0 unspecified atom stereocenters. The number of fused-ring (bicyclic) bond motifs is 1. The number of pyridine rings is 1. The maximum Gasteiger partial charge on any atom is 0.276 e. The van der Waals surface area contributed by atoms with Gasteiger partial charge >= 0.3 is 0 Å². The first kappa shape index (κ1) is 27.0. The van der Waals surface area contributed by atoms with E-state index < -0.39 is 35.3 Å². The summed E-state index contributed by atoms with van der Waals surface area (Å²) in [7, 11) is 0. The highest BCUT2D eigenvalue weighted by Crippen LogP contribution is 2.40. The molecule has 0 spiro atoms. The maximum absolute atomic E-state index is 13.2. The first-order valence-electron chi connectivity index (χ1n) is 11.7. The predicted molar refractivity (Wildman–Crippen MR) is 141 cm³/mol. The lowest BCUT2D eigenvalue weighted by Crippen LogP contribution is -2.71. The van der Waals surface area contributed by atoms with Gasteiger partial charge < -0.3 is 31.1 Å². The van der Waals surface area contributed by atoms with Crippen LogP contribution < -0.4 is 26.0 Å². The zero-order chi connectivity index (χ0) is 27.7. The van der Waals surface area contributed by atoms with Crippen LogP contribution in [-0.4, -0.2) is 75.4 Å². The van der Waals surface area contributed by atoms with Crippen molar-refractivity contribution in [1.82, 2.24) is 20.5 Å². The molecule has 0 bridgehead atoms. The summed E-state index contributed by atoms with van der Waals surface area (Å²) in [4.78, 5) is 60.9. The van der Waals surface area contributed by atoms with Gasteiger partial charge in [0.1, 0.15) is 17.1 Å². The molecule has 5 rings (SSSR count). The minimum Gasteiger partial charge on any atom is -0.543 e. The summed E-state index contributed by atoms with van der Waals surface area (Å²) in [5.74, 6) is -2.85. The van der Waals surface area contributed by atoms with Gasteiger partial charge in [0.05, 0.1) is 11.7 Å². The number of β-lactam (4-membered cyclic amide) rings is 1. The van der Waals surface area contributed by atoms with E-state index in [9.17, 15) is 24.3 Å². The third-order valence-electron chi connectivity index (χ3n) is 6.25. The van der Waals surface area contributed by atoms with Crippen LogP contribution in [0.5, 0.6) is 0 Å². The van der Waals surface area contributed by atoms with Gasteiger partial charge in [-0.1, -0.05) is 16.9 Å². The zero-order valence-electron chi connectivity index (χ0n) is 20.5. The van der Waals surface area contributed by atoms with E-state index in [4.69, 9.17) is 10.6 Å². The number of carbonyl (C=O) groups is 4. The molecular formula is C23H23N7O6S3. The van der Waals surface area contributed by atoms with E-state index >= 15 is 0 Å². The Morgan fingerprint density at radius 1 is 1.41 bits per heavy atom. The van der Waals surface area contributed by atoms with Gasteiger partial charge in [-0.25, -0.2) is 4.98 Å². The van der Waals surface area contributed by atoms with Crippen molar-refractivity contribution in [3.05, 3.63) is 46.7 Å². The molecule has 16 heteroatoms. The minimum absolute atomic E-state index is 0.121. The second-order valence-electron chi connectivity index (χ2n) is 8.66. The van der Waals surface area contributed by atoms with Crippen molar-refractivity contribution < 1.29 is 33.7 Å². The lowest BCUT2D eigenvalue weighted by molar-refractivity contribution is -0.725. The van der Waals surface area contributed by atoms with Crippen molar-refractivity contribution in [2.24, 2.45) is 5.16 Å². The highest BCUT2D eigenvalue weighted by atomic mass is 32.2. The molecule has 3 atom stereocenters. The van der Waals surface area contributed by atoms with Crippen molar-refractivity contribution in [2.45, 2.75) is 35.5 Å². The summed E-state index contributed by atoms with van der Waals surface area (Å²) in [5.41, 5.74) is 5.93. The number of carbonyl (C=O) groups excluding carboxylic acids is 4. The number of nitrogens with one attached hydrogen (secondary N) is 2. The molecule has 3 aliphatic heterocycles. The topological polar surface area (TPSA) is 183 Å². The number of thioether (sulfide) groups is 2. The number of rotatable bonds is 9. The normalized spacial score (nSPS) is 22.7. The first-order valence-corrected chi connectivity index (χ1v) is 14.9. The van der Waals surface area contributed by atoms with Crippen LogP contribution in [0.4, 0.5) is 5.13 Å². The maximum atomic E-state index is 13.2. The molecule has 0 aliphatic carbocycles. The van der Waals surface area contributed by atoms with Gasteiger partial charge in [-0.15, -0.1) is 23.1 Å². The van der Waals surface area contributed by atoms with E-state index in [1.54, 1.807) is 0 Å². The lowest BCUT2D eigenvalue weighted by Gasteiger charge is -2.50. The summed E-state index contributed by atoms with van der Waals surface area (Å²) in [5, 5.41) is 23.2. The van der Waals surface area contributed by atoms with Crippen LogP contribution in [-0.2, 0) is 30.6 Å². The van der Waals surface area contributed by atoms with Crippen LogP contribution >= 0.6 is 34.9 Å². The average Bonchev–Trinajstić information content (AvgIpc) is 3.54. The fraction of sp³-hybridized carbons (Fsp3) is 0.348. The number of aromatic nitrogens is 2. The standard InChI is InChI=1S/C23H23N7O6S3/c1-37-14-4-2-3-7-29(14)8-11-9-38-21-16(20(33)30(21)17(11)22(34)35)27-19(32)15(12-10-39-23(24)26-12)28-36-13-5-6-25-18(13)31/h2-4,7,10,13,16,21H,5-6,8-9H2,1H3,(H4-,24,25,26,27,31,32,34,35)/b28-15-/t13-,16+,21-/m0/s1. The number of nitrogens with two attached hydrogens (primary N) is 1. The number of anilines is 1. The van der Waals surface area contributed by atoms with Crippen LogP contribution in [0.15, 0.2) is 51.2 Å². The highest BCUT2D eigenvalue weighted by Gasteiger charge is 2.53. The van der Waals surface area contributed by atoms with Gasteiger partial charge in [-0.2, -0.15) is 4.57 Å². The molecule has 0 saturated carbocycles. The van der Waals surface area contributed by atoms with Gasteiger partial charge in [-0.05, 0) is 12.3 Å². The SMILES string of the molecule is CSc1cccc[n+]1CC1=C(C(=O)[O-])N2C(=O)[C@@H](NC(=O)/C(=N\O[C@H]3CCNC3=O)c3csc(N)n3)[C@@H]2SC1. The number of thiazole rings is 1. The molecule has 4 N–H and O–H groups in total. The number of nitrogens with zero attached hydrogens (tertiary/aromatic N) is 4. The average molecular weight is 590 g/mol.